The smallest absolute Gasteiger partial charge is 0.231 e. The van der Waals surface area contributed by atoms with Crippen LogP contribution in [0.1, 0.15) is 12.0 Å². The van der Waals surface area contributed by atoms with E-state index in [0.717, 1.165) is 29.2 Å². The Hall–Kier alpha value is -2.41. The van der Waals surface area contributed by atoms with Gasteiger partial charge >= 0.3 is 0 Å². The molecule has 0 spiro atoms. The summed E-state index contributed by atoms with van der Waals surface area (Å²) in [4.78, 5) is 2.00. The van der Waals surface area contributed by atoms with E-state index < -0.39 is 0 Å². The molecule has 0 fully saturated rings. The summed E-state index contributed by atoms with van der Waals surface area (Å²) >= 11 is 0. The summed E-state index contributed by atoms with van der Waals surface area (Å²) in [6.07, 6.45) is 6.58. The largest absolute Gasteiger partial charge is 0.454 e. The molecule has 1 aromatic rings. The van der Waals surface area contributed by atoms with Crippen molar-refractivity contribution in [2.45, 2.75) is 13.0 Å². The Labute approximate surface area is 105 Å². The number of fused-ring (bicyclic) bond motifs is 1. The van der Waals surface area contributed by atoms with Gasteiger partial charge in [-0.25, -0.2) is 0 Å². The normalized spacial score (nSPS) is 16.4. The Morgan fingerprint density at radius 1 is 1.28 bits per heavy atom. The minimum absolute atomic E-state index is 0.293. The van der Waals surface area contributed by atoms with Crippen LogP contribution in [0.25, 0.3) is 0 Å². The van der Waals surface area contributed by atoms with Crippen LogP contribution in [-0.2, 0) is 6.54 Å². The van der Waals surface area contributed by atoms with Gasteiger partial charge in [0.1, 0.15) is 0 Å². The van der Waals surface area contributed by atoms with Gasteiger partial charge in [-0.3, -0.25) is 0 Å². The molecule has 1 aromatic carbocycles. The second kappa shape index (κ2) is 4.46. The second-order valence-electron chi connectivity index (χ2n) is 4.21. The van der Waals surface area contributed by atoms with Crippen LogP contribution in [0.5, 0.6) is 11.5 Å². The molecule has 0 saturated carbocycles. The summed E-state index contributed by atoms with van der Waals surface area (Å²) in [5, 5.41) is 8.89. The highest BCUT2D eigenvalue weighted by atomic mass is 16.7. The van der Waals surface area contributed by atoms with Gasteiger partial charge in [0.25, 0.3) is 0 Å². The maximum Gasteiger partial charge on any atom is 0.231 e. The first-order chi connectivity index (χ1) is 8.85. The maximum absolute atomic E-state index is 8.89. The van der Waals surface area contributed by atoms with Crippen molar-refractivity contribution in [3.05, 3.63) is 47.8 Å². The quantitative estimate of drug-likeness (QED) is 0.797. The molecule has 0 N–H and O–H groups in total. The fourth-order valence-corrected chi connectivity index (χ4v) is 2.03. The molecule has 0 aliphatic carbocycles. The monoisotopic (exact) mass is 240 g/mol. The number of rotatable bonds is 2. The van der Waals surface area contributed by atoms with Crippen molar-refractivity contribution in [1.82, 2.24) is 4.90 Å². The molecule has 0 unspecified atom stereocenters. The zero-order valence-electron chi connectivity index (χ0n) is 9.80. The molecule has 4 nitrogen and oxygen atoms in total. The van der Waals surface area contributed by atoms with Crippen LogP contribution in [0.3, 0.4) is 0 Å². The predicted octanol–water partition coefficient (Wildman–Crippen LogP) is 2.54. The van der Waals surface area contributed by atoms with Crippen molar-refractivity contribution < 1.29 is 9.47 Å². The first-order valence-corrected chi connectivity index (χ1v) is 5.77. The first kappa shape index (κ1) is 10.7. The predicted molar refractivity (Wildman–Crippen MR) is 65.6 cm³/mol. The van der Waals surface area contributed by atoms with Crippen LogP contribution in [0, 0.1) is 11.3 Å². The highest BCUT2D eigenvalue weighted by Crippen LogP contribution is 2.33. The molecular weight excluding hydrogens is 228 g/mol. The summed E-state index contributed by atoms with van der Waals surface area (Å²) in [5.41, 5.74) is 1.90. The molecule has 2 aliphatic heterocycles. The van der Waals surface area contributed by atoms with Crippen molar-refractivity contribution in [2.75, 3.05) is 6.79 Å². The summed E-state index contributed by atoms with van der Waals surface area (Å²) in [7, 11) is 0. The number of hydrogen-bond acceptors (Lipinski definition) is 4. The fraction of sp³-hybridized carbons (Fsp3) is 0.214. The Balaban J connectivity index is 1.77. The van der Waals surface area contributed by atoms with E-state index in [1.165, 1.54) is 0 Å². The van der Waals surface area contributed by atoms with Gasteiger partial charge in [-0.05, 0) is 17.7 Å². The second-order valence-corrected chi connectivity index (χ2v) is 4.21. The molecule has 0 radical (unpaired) electrons. The SMILES string of the molecule is N#CC1=CN(Cc2ccc3c(c2)OCO3)C=CC1. The maximum atomic E-state index is 8.89. The molecule has 3 rings (SSSR count). The van der Waals surface area contributed by atoms with Crippen LogP contribution in [0.2, 0.25) is 0 Å². The number of allylic oxidation sites excluding steroid dienone is 2. The molecule has 4 heteroatoms. The van der Waals surface area contributed by atoms with E-state index in [1.807, 2.05) is 41.6 Å². The zero-order valence-corrected chi connectivity index (χ0v) is 9.80. The van der Waals surface area contributed by atoms with Crippen molar-refractivity contribution in [2.24, 2.45) is 0 Å². The van der Waals surface area contributed by atoms with E-state index in [2.05, 4.69) is 6.07 Å². The van der Waals surface area contributed by atoms with Gasteiger partial charge in [0.2, 0.25) is 6.79 Å². The average molecular weight is 240 g/mol. The van der Waals surface area contributed by atoms with E-state index in [0.29, 0.717) is 13.2 Å². The van der Waals surface area contributed by atoms with E-state index in [-0.39, 0.29) is 0 Å². The molecule has 0 atom stereocenters. The van der Waals surface area contributed by atoms with Gasteiger partial charge in [-0.1, -0.05) is 12.1 Å². The van der Waals surface area contributed by atoms with Crippen LogP contribution in [-0.4, -0.2) is 11.7 Å². The van der Waals surface area contributed by atoms with Crippen molar-refractivity contribution in [3.8, 4) is 17.6 Å². The third-order valence-electron chi connectivity index (χ3n) is 2.90. The molecule has 2 heterocycles. The van der Waals surface area contributed by atoms with Crippen LogP contribution in [0.4, 0.5) is 0 Å². The summed E-state index contributed by atoms with van der Waals surface area (Å²) in [6, 6.07) is 8.09. The highest BCUT2D eigenvalue weighted by molar-refractivity contribution is 5.44. The number of nitriles is 1. The number of benzene rings is 1. The van der Waals surface area contributed by atoms with Gasteiger partial charge in [0.05, 0.1) is 6.07 Å². The molecule has 0 amide bonds. The molecule has 18 heavy (non-hydrogen) atoms. The molecule has 2 aliphatic rings. The number of nitrogens with zero attached hydrogens (tertiary/aromatic N) is 2. The lowest BCUT2D eigenvalue weighted by Crippen LogP contribution is -2.12. The van der Waals surface area contributed by atoms with Crippen LogP contribution >= 0.6 is 0 Å². The van der Waals surface area contributed by atoms with Crippen molar-refractivity contribution in [1.29, 1.82) is 5.26 Å². The van der Waals surface area contributed by atoms with Crippen molar-refractivity contribution in [3.63, 3.8) is 0 Å². The van der Waals surface area contributed by atoms with Gasteiger partial charge in [0, 0.05) is 30.9 Å². The third kappa shape index (κ3) is 2.03. The van der Waals surface area contributed by atoms with Gasteiger partial charge in [-0.15, -0.1) is 0 Å². The van der Waals surface area contributed by atoms with E-state index in [9.17, 15) is 0 Å². The Kier molecular flexibility index (Phi) is 2.66. The van der Waals surface area contributed by atoms with E-state index in [4.69, 9.17) is 14.7 Å². The van der Waals surface area contributed by atoms with Crippen LogP contribution in [0.15, 0.2) is 42.2 Å². The summed E-state index contributed by atoms with van der Waals surface area (Å²) < 4.78 is 10.6. The van der Waals surface area contributed by atoms with E-state index >= 15 is 0 Å². The lowest BCUT2D eigenvalue weighted by Gasteiger charge is -2.19. The molecular formula is C14H12N2O2. The van der Waals surface area contributed by atoms with E-state index in [1.54, 1.807) is 0 Å². The minimum atomic E-state index is 0.293. The Morgan fingerprint density at radius 2 is 2.17 bits per heavy atom. The summed E-state index contributed by atoms with van der Waals surface area (Å²) in [6.45, 7) is 1.01. The molecule has 90 valence electrons. The minimum Gasteiger partial charge on any atom is -0.454 e. The fourth-order valence-electron chi connectivity index (χ4n) is 2.03. The lowest BCUT2D eigenvalue weighted by atomic mass is 10.1. The van der Waals surface area contributed by atoms with Crippen LogP contribution < -0.4 is 9.47 Å². The summed E-state index contributed by atoms with van der Waals surface area (Å²) in [5.74, 6) is 1.58. The average Bonchev–Trinajstić information content (AvgIpc) is 2.86. The molecule has 0 bridgehead atoms. The Morgan fingerprint density at radius 3 is 3.06 bits per heavy atom. The Bertz CT molecular complexity index is 570. The standard InChI is InChI=1S/C14H12N2O2/c15-7-12-2-1-5-16(9-12)8-11-3-4-13-14(6-11)18-10-17-13/h1,3-6,9H,2,8,10H2. The number of hydrogen-bond donors (Lipinski definition) is 0. The van der Waals surface area contributed by atoms with Gasteiger partial charge < -0.3 is 14.4 Å². The zero-order chi connectivity index (χ0) is 12.4. The van der Waals surface area contributed by atoms with Crippen molar-refractivity contribution >= 4 is 0 Å². The van der Waals surface area contributed by atoms with Gasteiger partial charge in [-0.2, -0.15) is 5.26 Å². The molecule has 0 saturated heterocycles. The number of ether oxygens (including phenoxy) is 2. The highest BCUT2D eigenvalue weighted by Gasteiger charge is 2.14. The van der Waals surface area contributed by atoms with Gasteiger partial charge in [0.15, 0.2) is 11.5 Å². The lowest BCUT2D eigenvalue weighted by molar-refractivity contribution is 0.174. The topological polar surface area (TPSA) is 45.5 Å². The third-order valence-corrected chi connectivity index (χ3v) is 2.90. The first-order valence-electron chi connectivity index (χ1n) is 5.77. The molecule has 0 aromatic heterocycles.